The molecule has 0 bridgehead atoms. The fourth-order valence-corrected chi connectivity index (χ4v) is 9.54. The lowest BCUT2D eigenvalue weighted by atomic mass is 9.43. The van der Waals surface area contributed by atoms with E-state index in [0.717, 1.165) is 31.3 Å². The van der Waals surface area contributed by atoms with Crippen molar-refractivity contribution in [3.63, 3.8) is 0 Å². The Labute approximate surface area is 198 Å². The SMILES string of the molecule is C[C@H](CCN(C)CCO)[C@H]1CC[C@@]2(C)C3=C(CC[C@]12C)[C@@]1(C)CC[C@H](O)C(C)(C)[C@@H]1CC3. The van der Waals surface area contributed by atoms with Crippen molar-refractivity contribution in [2.75, 3.05) is 26.7 Å². The molecule has 0 amide bonds. The van der Waals surface area contributed by atoms with Gasteiger partial charge in [0.25, 0.3) is 0 Å². The molecule has 3 heteroatoms. The van der Waals surface area contributed by atoms with Crippen molar-refractivity contribution >= 4 is 0 Å². The van der Waals surface area contributed by atoms with Crippen molar-refractivity contribution in [2.24, 2.45) is 39.4 Å². The van der Waals surface area contributed by atoms with Gasteiger partial charge in [-0.25, -0.2) is 0 Å². The third-order valence-corrected chi connectivity index (χ3v) is 11.9. The van der Waals surface area contributed by atoms with E-state index in [1.807, 2.05) is 11.1 Å². The number of aliphatic hydroxyl groups excluding tert-OH is 2. The van der Waals surface area contributed by atoms with Gasteiger partial charge in [-0.1, -0.05) is 52.7 Å². The van der Waals surface area contributed by atoms with Gasteiger partial charge in [0.15, 0.2) is 0 Å². The number of allylic oxidation sites excluding steroid dienone is 2. The van der Waals surface area contributed by atoms with Crippen LogP contribution in [0.5, 0.6) is 0 Å². The fourth-order valence-electron chi connectivity index (χ4n) is 9.54. The van der Waals surface area contributed by atoms with E-state index in [4.69, 9.17) is 0 Å². The van der Waals surface area contributed by atoms with E-state index in [2.05, 4.69) is 53.5 Å². The maximum atomic E-state index is 10.8. The second kappa shape index (κ2) is 8.38. The summed E-state index contributed by atoms with van der Waals surface area (Å²) >= 11 is 0. The fraction of sp³-hybridized carbons (Fsp3) is 0.931. The Morgan fingerprint density at radius 1 is 0.938 bits per heavy atom. The van der Waals surface area contributed by atoms with Crippen LogP contribution in [0.3, 0.4) is 0 Å². The topological polar surface area (TPSA) is 43.7 Å². The van der Waals surface area contributed by atoms with E-state index in [-0.39, 0.29) is 23.5 Å². The van der Waals surface area contributed by atoms with Crippen LogP contribution in [-0.4, -0.2) is 48.0 Å². The summed E-state index contributed by atoms with van der Waals surface area (Å²) in [6.07, 6.45) is 11.1. The molecular formula is C29H51NO2. The van der Waals surface area contributed by atoms with Gasteiger partial charge < -0.3 is 15.1 Å². The quantitative estimate of drug-likeness (QED) is 0.489. The molecule has 0 heterocycles. The maximum absolute atomic E-state index is 10.8. The summed E-state index contributed by atoms with van der Waals surface area (Å²) in [6, 6.07) is 0. The first-order valence-electron chi connectivity index (χ1n) is 13.6. The number of likely N-dealkylation sites (N-methyl/N-ethyl adjacent to an activating group) is 1. The van der Waals surface area contributed by atoms with Crippen LogP contribution in [0.1, 0.15) is 99.3 Å². The van der Waals surface area contributed by atoms with Crippen LogP contribution in [0.15, 0.2) is 11.1 Å². The summed E-state index contributed by atoms with van der Waals surface area (Å²) in [5, 5.41) is 20.1. The molecule has 184 valence electrons. The molecule has 4 aliphatic carbocycles. The lowest BCUT2D eigenvalue weighted by Gasteiger charge is -2.62. The largest absolute Gasteiger partial charge is 0.395 e. The molecule has 0 aromatic rings. The van der Waals surface area contributed by atoms with Crippen LogP contribution < -0.4 is 0 Å². The van der Waals surface area contributed by atoms with Gasteiger partial charge in [-0.2, -0.15) is 0 Å². The van der Waals surface area contributed by atoms with E-state index in [1.54, 1.807) is 0 Å². The Hall–Kier alpha value is -0.380. The van der Waals surface area contributed by atoms with Gasteiger partial charge in [-0.3, -0.25) is 0 Å². The molecule has 0 aliphatic heterocycles. The predicted octanol–water partition coefficient (Wildman–Crippen LogP) is 6.05. The highest BCUT2D eigenvalue weighted by molar-refractivity contribution is 5.38. The van der Waals surface area contributed by atoms with Crippen molar-refractivity contribution in [3.8, 4) is 0 Å². The van der Waals surface area contributed by atoms with Crippen LogP contribution in [0.25, 0.3) is 0 Å². The van der Waals surface area contributed by atoms with Gasteiger partial charge in [0.2, 0.25) is 0 Å². The molecule has 2 N–H and O–H groups in total. The standard InChI is InChI=1S/C29H51NO2/c1-20(13-17-30(7)18-19-31)21-10-15-29(6)23-8-9-24-26(2,3)25(32)12-14-27(24,4)22(23)11-16-28(21,29)5/h20-21,24-25,31-32H,8-19H2,1-7H3/t20-,21-,24+,25+,27-,28-,29+/m1/s1. The minimum Gasteiger partial charge on any atom is -0.395 e. The molecule has 0 aromatic heterocycles. The van der Waals surface area contributed by atoms with Gasteiger partial charge in [0.1, 0.15) is 0 Å². The predicted molar refractivity (Wildman–Crippen MR) is 133 cm³/mol. The zero-order valence-electron chi connectivity index (χ0n) is 22.1. The van der Waals surface area contributed by atoms with E-state index < -0.39 is 0 Å². The van der Waals surface area contributed by atoms with Gasteiger partial charge >= 0.3 is 0 Å². The Bertz CT molecular complexity index is 743. The average molecular weight is 446 g/mol. The van der Waals surface area contributed by atoms with Crippen LogP contribution in [0, 0.1) is 39.4 Å². The van der Waals surface area contributed by atoms with Crippen molar-refractivity contribution in [1.29, 1.82) is 0 Å². The van der Waals surface area contributed by atoms with Crippen molar-refractivity contribution < 1.29 is 10.2 Å². The van der Waals surface area contributed by atoms with E-state index in [0.29, 0.717) is 16.7 Å². The van der Waals surface area contributed by atoms with Crippen molar-refractivity contribution in [3.05, 3.63) is 11.1 Å². The van der Waals surface area contributed by atoms with Crippen molar-refractivity contribution in [1.82, 2.24) is 4.90 Å². The smallest absolute Gasteiger partial charge is 0.0594 e. The summed E-state index contributed by atoms with van der Waals surface area (Å²) in [7, 11) is 2.14. The summed E-state index contributed by atoms with van der Waals surface area (Å²) in [6.45, 7) is 17.2. The molecule has 2 fully saturated rings. The lowest BCUT2D eigenvalue weighted by Crippen LogP contribution is -2.55. The highest BCUT2D eigenvalue weighted by atomic mass is 16.3. The minimum absolute atomic E-state index is 0.0283. The van der Waals surface area contributed by atoms with Crippen LogP contribution in [-0.2, 0) is 0 Å². The Balaban J connectivity index is 1.60. The number of aliphatic hydroxyl groups is 2. The summed E-state index contributed by atoms with van der Waals surface area (Å²) < 4.78 is 0. The van der Waals surface area contributed by atoms with Gasteiger partial charge in [-0.05, 0) is 111 Å². The van der Waals surface area contributed by atoms with Crippen LogP contribution >= 0.6 is 0 Å². The van der Waals surface area contributed by atoms with Gasteiger partial charge in [-0.15, -0.1) is 0 Å². The summed E-state index contributed by atoms with van der Waals surface area (Å²) in [4.78, 5) is 2.29. The number of hydrogen-bond donors (Lipinski definition) is 2. The molecule has 0 radical (unpaired) electrons. The molecule has 4 aliphatic rings. The zero-order chi connectivity index (χ0) is 23.5. The van der Waals surface area contributed by atoms with Gasteiger partial charge in [0.05, 0.1) is 12.7 Å². The second-order valence-electron chi connectivity index (χ2n) is 13.5. The first-order valence-corrected chi connectivity index (χ1v) is 13.6. The maximum Gasteiger partial charge on any atom is 0.0594 e. The zero-order valence-corrected chi connectivity index (χ0v) is 22.1. The van der Waals surface area contributed by atoms with Crippen LogP contribution in [0.2, 0.25) is 0 Å². The minimum atomic E-state index is -0.146. The Kier molecular flexibility index (Phi) is 6.48. The molecular weight excluding hydrogens is 394 g/mol. The second-order valence-corrected chi connectivity index (χ2v) is 13.5. The molecule has 0 aromatic carbocycles. The molecule has 0 saturated heterocycles. The molecule has 0 unspecified atom stereocenters. The molecule has 3 nitrogen and oxygen atoms in total. The number of nitrogens with zero attached hydrogens (tertiary/aromatic N) is 1. The third-order valence-electron chi connectivity index (χ3n) is 11.9. The third kappa shape index (κ3) is 3.47. The first-order chi connectivity index (χ1) is 14.9. The highest BCUT2D eigenvalue weighted by Crippen LogP contribution is 2.72. The van der Waals surface area contributed by atoms with E-state index >= 15 is 0 Å². The number of hydrogen-bond acceptors (Lipinski definition) is 3. The monoisotopic (exact) mass is 445 g/mol. The molecule has 0 spiro atoms. The summed E-state index contributed by atoms with van der Waals surface area (Å²) in [5.74, 6) is 2.16. The molecule has 7 atom stereocenters. The van der Waals surface area contributed by atoms with E-state index in [1.165, 1.54) is 51.4 Å². The molecule has 32 heavy (non-hydrogen) atoms. The average Bonchev–Trinajstić information content (AvgIpc) is 3.01. The first kappa shape index (κ1) is 24.7. The lowest BCUT2D eigenvalue weighted by molar-refractivity contribution is -0.0962. The normalized spacial score (nSPS) is 44.2. The van der Waals surface area contributed by atoms with Gasteiger partial charge in [0, 0.05) is 6.54 Å². The number of rotatable bonds is 6. The molecule has 4 rings (SSSR count). The Morgan fingerprint density at radius 2 is 1.66 bits per heavy atom. The number of fused-ring (bicyclic) bond motifs is 4. The van der Waals surface area contributed by atoms with Crippen molar-refractivity contribution in [2.45, 2.75) is 105 Å². The summed E-state index contributed by atoms with van der Waals surface area (Å²) in [5.41, 5.74) is 4.75. The highest BCUT2D eigenvalue weighted by Gasteiger charge is 2.63. The molecule has 2 saturated carbocycles. The van der Waals surface area contributed by atoms with E-state index in [9.17, 15) is 10.2 Å². The Morgan fingerprint density at radius 3 is 2.34 bits per heavy atom. The van der Waals surface area contributed by atoms with Crippen LogP contribution in [0.4, 0.5) is 0 Å².